The van der Waals surface area contributed by atoms with Gasteiger partial charge in [-0.15, -0.1) is 0 Å². The minimum absolute atomic E-state index is 0.144. The molecule has 1 N–H and O–H groups in total. The van der Waals surface area contributed by atoms with Crippen molar-refractivity contribution in [3.05, 3.63) is 23.8 Å². The fourth-order valence-corrected chi connectivity index (χ4v) is 8.29. The highest BCUT2D eigenvalue weighted by molar-refractivity contribution is 7.54. The molecule has 1 heterocycles. The van der Waals surface area contributed by atoms with E-state index in [-0.39, 0.29) is 19.0 Å². The van der Waals surface area contributed by atoms with Crippen molar-refractivity contribution >= 4 is 7.60 Å². The molecule has 7 atom stereocenters. The lowest BCUT2D eigenvalue weighted by Gasteiger charge is -2.42. The molecule has 35 heavy (non-hydrogen) atoms. The van der Waals surface area contributed by atoms with Crippen LogP contribution in [-0.4, -0.2) is 24.1 Å². The van der Waals surface area contributed by atoms with Gasteiger partial charge in [-0.25, -0.2) is 0 Å². The number of hydrogen-bond donors (Lipinski definition) is 1. The fraction of sp³-hybridized carbons (Fsp3) is 0.786. The molecule has 1 aromatic carbocycles. The molecule has 0 aromatic heterocycles. The van der Waals surface area contributed by atoms with Crippen molar-refractivity contribution in [3.8, 4) is 11.5 Å². The van der Waals surface area contributed by atoms with Crippen LogP contribution in [0.5, 0.6) is 11.5 Å². The van der Waals surface area contributed by atoms with E-state index in [0.717, 1.165) is 38.5 Å². The first-order valence-electron chi connectivity index (χ1n) is 13.6. The highest BCUT2D eigenvalue weighted by Gasteiger charge is 2.46. The fourth-order valence-electron chi connectivity index (χ4n) is 6.25. The summed E-state index contributed by atoms with van der Waals surface area (Å²) in [6.45, 7) is 13.4. The first-order chi connectivity index (χ1) is 16.6. The molecule has 0 bridgehead atoms. The maximum absolute atomic E-state index is 14.7. The number of aliphatic hydroxyl groups is 1. The second-order valence-electron chi connectivity index (χ2n) is 12.0. The van der Waals surface area contributed by atoms with Crippen molar-refractivity contribution in [2.75, 3.05) is 6.79 Å². The van der Waals surface area contributed by atoms with Crippen LogP contribution >= 0.6 is 7.60 Å². The van der Waals surface area contributed by atoms with Crippen molar-refractivity contribution in [3.63, 3.8) is 0 Å². The second-order valence-corrected chi connectivity index (χ2v) is 14.0. The van der Waals surface area contributed by atoms with Gasteiger partial charge in [-0.3, -0.25) is 4.57 Å². The molecule has 2 aliphatic carbocycles. The van der Waals surface area contributed by atoms with Crippen LogP contribution in [0.4, 0.5) is 0 Å². The molecular formula is C28H45O6P. The molecular weight excluding hydrogens is 463 g/mol. The van der Waals surface area contributed by atoms with Crippen LogP contribution < -0.4 is 9.47 Å². The molecule has 198 valence electrons. The summed E-state index contributed by atoms with van der Waals surface area (Å²) in [6.07, 6.45) is 5.63. The summed E-state index contributed by atoms with van der Waals surface area (Å²) in [7, 11) is -3.94. The summed E-state index contributed by atoms with van der Waals surface area (Å²) in [5, 5.41) is 11.6. The first kappa shape index (κ1) is 27.0. The van der Waals surface area contributed by atoms with E-state index in [9.17, 15) is 9.67 Å². The molecule has 0 radical (unpaired) electrons. The van der Waals surface area contributed by atoms with Gasteiger partial charge in [0.1, 0.15) is 0 Å². The Hall–Kier alpha value is -1.07. The quantitative estimate of drug-likeness (QED) is 0.365. The molecule has 3 aliphatic rings. The molecule has 0 amide bonds. The topological polar surface area (TPSA) is 74.2 Å². The number of hydrogen-bond acceptors (Lipinski definition) is 6. The normalized spacial score (nSPS) is 32.3. The van der Waals surface area contributed by atoms with Gasteiger partial charge in [0.2, 0.25) is 6.79 Å². The van der Waals surface area contributed by atoms with Gasteiger partial charge in [-0.1, -0.05) is 60.5 Å². The number of rotatable bonds is 8. The van der Waals surface area contributed by atoms with Gasteiger partial charge in [-0.05, 0) is 78.9 Å². The molecule has 6 nitrogen and oxygen atoms in total. The third-order valence-corrected chi connectivity index (χ3v) is 10.5. The molecule has 0 spiro atoms. The molecule has 2 fully saturated rings. The average molecular weight is 509 g/mol. The molecule has 1 aromatic rings. The number of benzene rings is 1. The van der Waals surface area contributed by atoms with Crippen LogP contribution in [0.3, 0.4) is 0 Å². The summed E-state index contributed by atoms with van der Waals surface area (Å²) < 4.78 is 38.8. The maximum Gasteiger partial charge on any atom is 0.363 e. The van der Waals surface area contributed by atoms with Crippen molar-refractivity contribution < 1.29 is 28.2 Å². The standard InChI is InChI=1S/C28H45O6P/c1-17(2)22-10-7-19(5)13-25(22)33-35(30,34-26-14-20(6)8-11-23(26)18(3)4)28(29)21-9-12-24-27(15-21)32-16-31-24/h9,12,15,17-20,22-23,25-26,28-29H,7-8,10-11,13-14,16H2,1-6H3/t19-,20-,22-,23-,25-,26-,28+/m1/s1. The van der Waals surface area contributed by atoms with E-state index in [1.807, 2.05) is 0 Å². The Labute approximate surface area is 211 Å². The summed E-state index contributed by atoms with van der Waals surface area (Å²) in [5.74, 6) is 2.16. The van der Waals surface area contributed by atoms with E-state index in [4.69, 9.17) is 18.5 Å². The second kappa shape index (κ2) is 11.1. The van der Waals surface area contributed by atoms with Crippen LogP contribution in [0.2, 0.25) is 0 Å². The summed E-state index contributed by atoms with van der Waals surface area (Å²) >= 11 is 0. The molecule has 0 unspecified atom stereocenters. The van der Waals surface area contributed by atoms with E-state index >= 15 is 0 Å². The maximum atomic E-state index is 14.7. The van der Waals surface area contributed by atoms with Crippen LogP contribution in [0.15, 0.2) is 18.2 Å². The molecule has 2 saturated carbocycles. The monoisotopic (exact) mass is 508 g/mol. The Balaban J connectivity index is 1.67. The lowest BCUT2D eigenvalue weighted by atomic mass is 9.75. The highest BCUT2D eigenvalue weighted by Crippen LogP contribution is 2.64. The van der Waals surface area contributed by atoms with Crippen molar-refractivity contribution in [1.82, 2.24) is 0 Å². The average Bonchev–Trinajstić information content (AvgIpc) is 3.26. The molecule has 1 aliphatic heterocycles. The van der Waals surface area contributed by atoms with Crippen molar-refractivity contribution in [1.29, 1.82) is 0 Å². The molecule has 0 saturated heterocycles. The van der Waals surface area contributed by atoms with Gasteiger partial charge in [0.25, 0.3) is 0 Å². The van der Waals surface area contributed by atoms with Crippen LogP contribution in [0.1, 0.15) is 91.5 Å². The van der Waals surface area contributed by atoms with Crippen molar-refractivity contribution in [2.45, 2.75) is 98.1 Å². The predicted octanol–water partition coefficient (Wildman–Crippen LogP) is 7.55. The van der Waals surface area contributed by atoms with Crippen LogP contribution in [0.25, 0.3) is 0 Å². The van der Waals surface area contributed by atoms with Gasteiger partial charge >= 0.3 is 7.60 Å². The van der Waals surface area contributed by atoms with Crippen LogP contribution in [-0.2, 0) is 13.6 Å². The predicted molar refractivity (Wildman–Crippen MR) is 138 cm³/mol. The Morgan fingerprint density at radius 1 is 0.857 bits per heavy atom. The summed E-state index contributed by atoms with van der Waals surface area (Å²) in [5.41, 5.74) is 0.479. The number of aliphatic hydroxyl groups excluding tert-OH is 1. The number of ether oxygens (including phenoxy) is 2. The lowest BCUT2D eigenvalue weighted by Crippen LogP contribution is -2.37. The Morgan fingerprint density at radius 2 is 1.37 bits per heavy atom. The summed E-state index contributed by atoms with van der Waals surface area (Å²) in [4.78, 5) is 0. The van der Waals surface area contributed by atoms with Crippen LogP contribution in [0, 0.1) is 35.5 Å². The number of fused-ring (bicyclic) bond motifs is 1. The zero-order valence-corrected chi connectivity index (χ0v) is 23.2. The van der Waals surface area contributed by atoms with E-state index in [0.29, 0.717) is 52.6 Å². The van der Waals surface area contributed by atoms with Gasteiger partial charge in [0, 0.05) is 0 Å². The Bertz CT molecular complexity index is 863. The van der Waals surface area contributed by atoms with Gasteiger partial charge in [0.15, 0.2) is 17.3 Å². The Kier molecular flexibility index (Phi) is 8.58. The largest absolute Gasteiger partial charge is 0.454 e. The van der Waals surface area contributed by atoms with Gasteiger partial charge < -0.3 is 23.6 Å². The minimum atomic E-state index is -3.94. The zero-order valence-electron chi connectivity index (χ0n) is 22.3. The first-order valence-corrected chi connectivity index (χ1v) is 15.2. The smallest absolute Gasteiger partial charge is 0.363 e. The zero-order chi connectivity index (χ0) is 25.3. The van der Waals surface area contributed by atoms with E-state index in [1.165, 1.54) is 0 Å². The van der Waals surface area contributed by atoms with Crippen molar-refractivity contribution in [2.24, 2.45) is 35.5 Å². The summed E-state index contributed by atoms with van der Waals surface area (Å²) in [6, 6.07) is 5.20. The highest BCUT2D eigenvalue weighted by atomic mass is 31.2. The third kappa shape index (κ3) is 6.09. The van der Waals surface area contributed by atoms with Gasteiger partial charge in [0.05, 0.1) is 12.2 Å². The minimum Gasteiger partial charge on any atom is -0.454 e. The van der Waals surface area contributed by atoms with E-state index < -0.39 is 13.4 Å². The molecule has 7 heteroatoms. The SMILES string of the molecule is CC(C)[C@H]1CC[C@@H](C)C[C@H]1OP(=O)(O[C@@H]1C[C@H](C)CC[C@@H]1C(C)C)[C@H](O)c1ccc2c(c1)OCO2. The Morgan fingerprint density at radius 3 is 1.89 bits per heavy atom. The van der Waals surface area contributed by atoms with E-state index in [2.05, 4.69) is 41.5 Å². The van der Waals surface area contributed by atoms with E-state index in [1.54, 1.807) is 18.2 Å². The molecule has 4 rings (SSSR count). The third-order valence-electron chi connectivity index (χ3n) is 8.48. The lowest BCUT2D eigenvalue weighted by molar-refractivity contribution is -0.0154. The van der Waals surface area contributed by atoms with Gasteiger partial charge in [-0.2, -0.15) is 0 Å².